The van der Waals surface area contributed by atoms with Crippen molar-refractivity contribution in [2.75, 3.05) is 4.90 Å². The molecular formula is C48H30N2OS. The molecule has 0 atom stereocenters. The Balaban J connectivity index is 1.25. The van der Waals surface area contributed by atoms with Crippen LogP contribution in [0.1, 0.15) is 0 Å². The highest BCUT2D eigenvalue weighted by Gasteiger charge is 2.25. The highest BCUT2D eigenvalue weighted by Crippen LogP contribution is 2.50. The number of hydrogen-bond acceptors (Lipinski definition) is 3. The zero-order valence-corrected chi connectivity index (χ0v) is 28.8. The minimum absolute atomic E-state index is 0.878. The molecule has 0 spiro atoms. The van der Waals surface area contributed by atoms with Crippen molar-refractivity contribution in [3.05, 3.63) is 182 Å². The number of anilines is 3. The molecule has 8 aromatic carbocycles. The molecule has 52 heavy (non-hydrogen) atoms. The summed E-state index contributed by atoms with van der Waals surface area (Å²) >= 11 is 1.86. The molecule has 0 amide bonds. The summed E-state index contributed by atoms with van der Waals surface area (Å²) in [5, 5.41) is 7.17. The van der Waals surface area contributed by atoms with Crippen LogP contribution in [0, 0.1) is 0 Å². The molecule has 0 radical (unpaired) electrons. The monoisotopic (exact) mass is 682 g/mol. The molecule has 4 heteroatoms. The number of thiophene rings is 1. The molecule has 3 nitrogen and oxygen atoms in total. The van der Waals surface area contributed by atoms with Gasteiger partial charge in [-0.3, -0.25) is 0 Å². The second-order valence-electron chi connectivity index (χ2n) is 13.3. The lowest BCUT2D eigenvalue weighted by Gasteiger charge is -2.27. The Labute approximate surface area is 303 Å². The van der Waals surface area contributed by atoms with E-state index in [1.54, 1.807) is 0 Å². The van der Waals surface area contributed by atoms with E-state index in [9.17, 15) is 0 Å². The van der Waals surface area contributed by atoms with Gasteiger partial charge in [0.05, 0.1) is 32.5 Å². The van der Waals surface area contributed by atoms with Crippen LogP contribution in [0.4, 0.5) is 17.1 Å². The first kappa shape index (κ1) is 29.1. The van der Waals surface area contributed by atoms with Crippen molar-refractivity contribution in [3.8, 4) is 16.8 Å². The summed E-state index contributed by atoms with van der Waals surface area (Å²) in [4.78, 5) is 2.46. The first-order valence-electron chi connectivity index (χ1n) is 17.6. The minimum atomic E-state index is 0.878. The Kier molecular flexibility index (Phi) is 6.42. The number of nitrogens with zero attached hydrogens (tertiary/aromatic N) is 2. The fourth-order valence-electron chi connectivity index (χ4n) is 8.11. The van der Waals surface area contributed by atoms with E-state index >= 15 is 0 Å². The molecule has 0 aliphatic heterocycles. The second-order valence-corrected chi connectivity index (χ2v) is 14.3. The molecule has 0 unspecified atom stereocenters. The van der Waals surface area contributed by atoms with Crippen LogP contribution in [-0.4, -0.2) is 4.57 Å². The molecule has 0 aliphatic carbocycles. The molecule has 244 valence electrons. The molecule has 0 aliphatic rings. The van der Waals surface area contributed by atoms with Crippen LogP contribution >= 0.6 is 11.3 Å². The van der Waals surface area contributed by atoms with Crippen LogP contribution in [0.3, 0.4) is 0 Å². The number of fused-ring (bicyclic) bond motifs is 9. The van der Waals surface area contributed by atoms with Crippen LogP contribution in [0.15, 0.2) is 186 Å². The van der Waals surface area contributed by atoms with Gasteiger partial charge in [0.15, 0.2) is 0 Å². The molecule has 0 bridgehead atoms. The average Bonchev–Trinajstić information content (AvgIpc) is 3.89. The van der Waals surface area contributed by atoms with Crippen molar-refractivity contribution < 1.29 is 4.42 Å². The van der Waals surface area contributed by atoms with E-state index in [4.69, 9.17) is 4.42 Å². The number of rotatable bonds is 5. The van der Waals surface area contributed by atoms with Crippen LogP contribution in [-0.2, 0) is 0 Å². The zero-order chi connectivity index (χ0) is 34.2. The van der Waals surface area contributed by atoms with E-state index in [1.165, 1.54) is 42.0 Å². The summed E-state index contributed by atoms with van der Waals surface area (Å²) < 4.78 is 11.7. The van der Waals surface area contributed by atoms with E-state index in [0.717, 1.165) is 55.8 Å². The lowest BCUT2D eigenvalue weighted by atomic mass is 9.99. The molecule has 3 aromatic heterocycles. The van der Waals surface area contributed by atoms with Crippen LogP contribution in [0.2, 0.25) is 0 Å². The standard InChI is InChI=1S/C48H30N2OS/c1-3-14-31(15-4-1)34-27-29-42(46-38-20-8-11-24-44(38)51-47(34)46)50(43-23-13-21-37-36-19-9-12-25-45(36)52-48(37)43)33-26-28-41-39(30-33)35-18-7-10-22-40(35)49(41)32-16-5-2-6-17-32/h1-30H. The van der Waals surface area contributed by atoms with Gasteiger partial charge in [-0.1, -0.05) is 115 Å². The maximum absolute atomic E-state index is 6.79. The molecule has 11 rings (SSSR count). The number of para-hydroxylation sites is 3. The highest BCUT2D eigenvalue weighted by atomic mass is 32.1. The fraction of sp³-hybridized carbons (Fsp3) is 0. The van der Waals surface area contributed by atoms with Gasteiger partial charge >= 0.3 is 0 Å². The summed E-state index contributed by atoms with van der Waals surface area (Å²) in [6.45, 7) is 0. The van der Waals surface area contributed by atoms with Crippen molar-refractivity contribution in [3.63, 3.8) is 0 Å². The molecule has 0 saturated carbocycles. The fourth-order valence-corrected chi connectivity index (χ4v) is 9.32. The van der Waals surface area contributed by atoms with Crippen molar-refractivity contribution >= 4 is 92.3 Å². The minimum Gasteiger partial charge on any atom is -0.455 e. The van der Waals surface area contributed by atoms with Gasteiger partial charge in [-0.2, -0.15) is 0 Å². The molecular weight excluding hydrogens is 653 g/mol. The topological polar surface area (TPSA) is 21.3 Å². The Morgan fingerprint density at radius 1 is 0.481 bits per heavy atom. The van der Waals surface area contributed by atoms with Gasteiger partial charge in [-0.05, 0) is 72.3 Å². The number of aromatic nitrogens is 1. The quantitative estimate of drug-likeness (QED) is 0.180. The van der Waals surface area contributed by atoms with E-state index in [0.29, 0.717) is 0 Å². The largest absolute Gasteiger partial charge is 0.455 e. The second kappa shape index (κ2) is 11.5. The van der Waals surface area contributed by atoms with E-state index < -0.39 is 0 Å². The Bertz CT molecular complexity index is 3130. The third-order valence-corrected chi connectivity index (χ3v) is 11.6. The number of benzene rings is 8. The van der Waals surface area contributed by atoms with Crippen molar-refractivity contribution in [2.24, 2.45) is 0 Å². The Morgan fingerprint density at radius 2 is 1.17 bits per heavy atom. The van der Waals surface area contributed by atoms with Gasteiger partial charge in [0.25, 0.3) is 0 Å². The third kappa shape index (κ3) is 4.31. The summed E-state index contributed by atoms with van der Waals surface area (Å²) in [5.41, 5.74) is 10.8. The SMILES string of the molecule is c1ccc(-c2ccc(N(c3ccc4c(c3)c3ccccc3n4-c3ccccc3)c3cccc4c3sc3ccccc34)c3c2oc2ccccc23)cc1. The van der Waals surface area contributed by atoms with Gasteiger partial charge in [0.2, 0.25) is 0 Å². The maximum atomic E-state index is 6.79. The summed E-state index contributed by atoms with van der Waals surface area (Å²) in [6.07, 6.45) is 0. The lowest BCUT2D eigenvalue weighted by molar-refractivity contribution is 0.670. The maximum Gasteiger partial charge on any atom is 0.145 e. The van der Waals surface area contributed by atoms with E-state index in [1.807, 2.05) is 11.3 Å². The molecule has 0 saturated heterocycles. The molecule has 0 N–H and O–H groups in total. The molecule has 3 heterocycles. The summed E-state index contributed by atoms with van der Waals surface area (Å²) in [7, 11) is 0. The van der Waals surface area contributed by atoms with Crippen molar-refractivity contribution in [1.82, 2.24) is 4.57 Å². The molecule has 0 fully saturated rings. The Morgan fingerprint density at radius 3 is 2.04 bits per heavy atom. The smallest absolute Gasteiger partial charge is 0.145 e. The van der Waals surface area contributed by atoms with Gasteiger partial charge < -0.3 is 13.9 Å². The van der Waals surface area contributed by atoms with Crippen LogP contribution < -0.4 is 4.90 Å². The number of furan rings is 1. The first-order chi connectivity index (χ1) is 25.8. The predicted octanol–water partition coefficient (Wildman–Crippen LogP) is 14.2. The number of hydrogen-bond donors (Lipinski definition) is 0. The summed E-state index contributed by atoms with van der Waals surface area (Å²) in [5.74, 6) is 0. The van der Waals surface area contributed by atoms with Gasteiger partial charge in [-0.25, -0.2) is 0 Å². The normalized spacial score (nSPS) is 11.8. The lowest BCUT2D eigenvalue weighted by Crippen LogP contribution is -2.10. The predicted molar refractivity (Wildman–Crippen MR) is 221 cm³/mol. The first-order valence-corrected chi connectivity index (χ1v) is 18.4. The van der Waals surface area contributed by atoms with Gasteiger partial charge in [-0.15, -0.1) is 11.3 Å². The van der Waals surface area contributed by atoms with E-state index in [2.05, 4.69) is 191 Å². The highest BCUT2D eigenvalue weighted by molar-refractivity contribution is 7.26. The van der Waals surface area contributed by atoms with Gasteiger partial charge in [0.1, 0.15) is 11.2 Å². The van der Waals surface area contributed by atoms with Crippen LogP contribution in [0.5, 0.6) is 0 Å². The van der Waals surface area contributed by atoms with Gasteiger partial charge in [0, 0.05) is 48.6 Å². The molecule has 11 aromatic rings. The van der Waals surface area contributed by atoms with Crippen molar-refractivity contribution in [1.29, 1.82) is 0 Å². The van der Waals surface area contributed by atoms with Crippen molar-refractivity contribution in [2.45, 2.75) is 0 Å². The van der Waals surface area contributed by atoms with Crippen LogP contribution in [0.25, 0.3) is 80.7 Å². The Hall–Kier alpha value is -6.62. The third-order valence-electron chi connectivity index (χ3n) is 10.4. The van der Waals surface area contributed by atoms with E-state index in [-0.39, 0.29) is 0 Å². The summed E-state index contributed by atoms with van der Waals surface area (Å²) in [6, 6.07) is 65.3. The zero-order valence-electron chi connectivity index (χ0n) is 28.0. The average molecular weight is 683 g/mol.